The fraction of sp³-hybridized carbons (Fsp3) is 0.500. The molecule has 2 rings (SSSR count). The molecule has 0 radical (unpaired) electrons. The Morgan fingerprint density at radius 3 is 2.61 bits per heavy atom. The van der Waals surface area contributed by atoms with E-state index in [2.05, 4.69) is 55.2 Å². The minimum atomic E-state index is 0.125. The lowest BCUT2D eigenvalue weighted by Crippen LogP contribution is -2.22. The third-order valence-corrected chi connectivity index (χ3v) is 4.43. The molecule has 1 atom stereocenters. The second kappa shape index (κ2) is 5.51. The van der Waals surface area contributed by atoms with Gasteiger partial charge < -0.3 is 5.32 Å². The van der Waals surface area contributed by atoms with E-state index in [1.54, 1.807) is 22.7 Å². The lowest BCUT2D eigenvalue weighted by Gasteiger charge is -2.16. The highest BCUT2D eigenvalue weighted by molar-refractivity contribution is 7.10. The average molecular weight is 280 g/mol. The smallest absolute Gasteiger partial charge is 0.114 e. The van der Waals surface area contributed by atoms with Crippen molar-refractivity contribution in [1.29, 1.82) is 0 Å². The molecule has 2 aromatic rings. The van der Waals surface area contributed by atoms with Gasteiger partial charge in [-0.3, -0.25) is 0 Å². The molecule has 0 saturated heterocycles. The molecule has 0 aromatic carbocycles. The number of rotatable bonds is 4. The van der Waals surface area contributed by atoms with E-state index in [-0.39, 0.29) is 11.5 Å². The Labute approximate surface area is 117 Å². The van der Waals surface area contributed by atoms with E-state index in [0.717, 1.165) is 6.54 Å². The van der Waals surface area contributed by atoms with Gasteiger partial charge in [0.1, 0.15) is 5.01 Å². The first-order valence-corrected chi connectivity index (χ1v) is 8.06. The maximum atomic E-state index is 4.82. The first kappa shape index (κ1) is 13.7. The van der Waals surface area contributed by atoms with Crippen molar-refractivity contribution in [3.05, 3.63) is 38.5 Å². The van der Waals surface area contributed by atoms with E-state index in [0.29, 0.717) is 0 Å². The van der Waals surface area contributed by atoms with Gasteiger partial charge >= 0.3 is 0 Å². The van der Waals surface area contributed by atoms with Crippen molar-refractivity contribution in [2.24, 2.45) is 0 Å². The van der Waals surface area contributed by atoms with Crippen LogP contribution in [0.4, 0.5) is 0 Å². The van der Waals surface area contributed by atoms with Crippen LogP contribution >= 0.6 is 22.7 Å². The second-order valence-corrected chi connectivity index (χ2v) is 7.04. The summed E-state index contributed by atoms with van der Waals surface area (Å²) in [6, 6.07) is 2.42. The summed E-state index contributed by atoms with van der Waals surface area (Å²) in [5, 5.41) is 11.2. The Morgan fingerprint density at radius 1 is 1.33 bits per heavy atom. The van der Waals surface area contributed by atoms with Gasteiger partial charge in [0.2, 0.25) is 0 Å². The minimum Gasteiger partial charge on any atom is -0.305 e. The van der Waals surface area contributed by atoms with Crippen LogP contribution in [0.2, 0.25) is 0 Å². The van der Waals surface area contributed by atoms with Gasteiger partial charge in [0.15, 0.2) is 0 Å². The molecule has 18 heavy (non-hydrogen) atoms. The van der Waals surface area contributed by atoms with Crippen LogP contribution < -0.4 is 5.32 Å². The SMILES string of the molecule is CCNC(c1ccsc1)c1nc(C(C)(C)C)cs1. The molecule has 0 aliphatic rings. The van der Waals surface area contributed by atoms with Gasteiger partial charge in [-0.05, 0) is 28.9 Å². The molecule has 0 aliphatic heterocycles. The van der Waals surface area contributed by atoms with Gasteiger partial charge in [-0.25, -0.2) is 4.98 Å². The third-order valence-electron chi connectivity index (χ3n) is 2.82. The molecule has 0 bridgehead atoms. The van der Waals surface area contributed by atoms with E-state index < -0.39 is 0 Å². The van der Waals surface area contributed by atoms with Gasteiger partial charge in [-0.2, -0.15) is 11.3 Å². The van der Waals surface area contributed by atoms with Crippen molar-refractivity contribution in [2.45, 2.75) is 39.2 Å². The first-order chi connectivity index (χ1) is 8.52. The highest BCUT2D eigenvalue weighted by Gasteiger charge is 2.22. The van der Waals surface area contributed by atoms with E-state index in [1.807, 2.05) is 0 Å². The Balaban J connectivity index is 2.29. The van der Waals surface area contributed by atoms with E-state index >= 15 is 0 Å². The molecule has 1 N–H and O–H groups in total. The molecule has 2 aromatic heterocycles. The zero-order valence-corrected chi connectivity index (χ0v) is 13.0. The zero-order chi connectivity index (χ0) is 13.2. The zero-order valence-electron chi connectivity index (χ0n) is 11.4. The standard InChI is InChI=1S/C14H20N2S2/c1-5-15-12(10-6-7-17-8-10)13-16-11(9-18-13)14(2,3)4/h6-9,12,15H,5H2,1-4H3. The summed E-state index contributed by atoms with van der Waals surface area (Å²) in [5.74, 6) is 0. The fourth-order valence-electron chi connectivity index (χ4n) is 1.76. The summed E-state index contributed by atoms with van der Waals surface area (Å²) in [6.45, 7) is 9.71. The van der Waals surface area contributed by atoms with E-state index in [9.17, 15) is 0 Å². The number of nitrogens with one attached hydrogen (secondary N) is 1. The van der Waals surface area contributed by atoms with Crippen molar-refractivity contribution in [3.63, 3.8) is 0 Å². The maximum absolute atomic E-state index is 4.82. The predicted octanol–water partition coefficient (Wildman–Crippen LogP) is 4.20. The van der Waals surface area contributed by atoms with Crippen LogP contribution in [0, 0.1) is 0 Å². The molecule has 2 nitrogen and oxygen atoms in total. The van der Waals surface area contributed by atoms with Gasteiger partial charge in [-0.1, -0.05) is 27.7 Å². The van der Waals surface area contributed by atoms with Crippen LogP contribution in [0.5, 0.6) is 0 Å². The fourth-order valence-corrected chi connectivity index (χ4v) is 3.59. The third kappa shape index (κ3) is 2.99. The van der Waals surface area contributed by atoms with Crippen molar-refractivity contribution in [1.82, 2.24) is 10.3 Å². The summed E-state index contributed by atoms with van der Waals surface area (Å²) in [7, 11) is 0. The minimum absolute atomic E-state index is 0.125. The highest BCUT2D eigenvalue weighted by atomic mass is 32.1. The summed E-state index contributed by atoms with van der Waals surface area (Å²) in [5.41, 5.74) is 2.62. The van der Waals surface area contributed by atoms with Crippen LogP contribution in [0.25, 0.3) is 0 Å². The van der Waals surface area contributed by atoms with Crippen LogP contribution in [0.3, 0.4) is 0 Å². The number of thiophene rings is 1. The van der Waals surface area contributed by atoms with Gasteiger partial charge in [0.05, 0.1) is 11.7 Å². The predicted molar refractivity (Wildman–Crippen MR) is 80.7 cm³/mol. The molecule has 0 amide bonds. The lowest BCUT2D eigenvalue weighted by atomic mass is 9.93. The van der Waals surface area contributed by atoms with Crippen molar-refractivity contribution in [2.75, 3.05) is 6.54 Å². The van der Waals surface area contributed by atoms with Crippen LogP contribution in [-0.2, 0) is 5.41 Å². The number of thiazole rings is 1. The summed E-state index contributed by atoms with van der Waals surface area (Å²) >= 11 is 3.49. The molecule has 0 saturated carbocycles. The quantitative estimate of drug-likeness (QED) is 0.908. The monoisotopic (exact) mass is 280 g/mol. The molecule has 0 fully saturated rings. The number of hydrogen-bond donors (Lipinski definition) is 1. The van der Waals surface area contributed by atoms with Gasteiger partial charge in [-0.15, -0.1) is 11.3 Å². The Hall–Kier alpha value is -0.710. The van der Waals surface area contributed by atoms with Crippen molar-refractivity contribution >= 4 is 22.7 Å². The maximum Gasteiger partial charge on any atom is 0.114 e. The Morgan fingerprint density at radius 2 is 2.11 bits per heavy atom. The molecule has 0 spiro atoms. The van der Waals surface area contributed by atoms with Crippen molar-refractivity contribution in [3.8, 4) is 0 Å². The summed E-state index contributed by atoms with van der Waals surface area (Å²) in [4.78, 5) is 4.82. The van der Waals surface area contributed by atoms with Crippen LogP contribution in [-0.4, -0.2) is 11.5 Å². The van der Waals surface area contributed by atoms with Crippen LogP contribution in [0.15, 0.2) is 22.2 Å². The van der Waals surface area contributed by atoms with E-state index in [1.165, 1.54) is 16.3 Å². The first-order valence-electron chi connectivity index (χ1n) is 6.23. The van der Waals surface area contributed by atoms with Gasteiger partial charge in [0.25, 0.3) is 0 Å². The van der Waals surface area contributed by atoms with E-state index in [4.69, 9.17) is 4.98 Å². The molecule has 98 valence electrons. The normalized spacial score (nSPS) is 13.8. The Bertz CT molecular complexity index is 480. The number of nitrogens with zero attached hydrogens (tertiary/aromatic N) is 1. The average Bonchev–Trinajstić information content (AvgIpc) is 2.96. The second-order valence-electron chi connectivity index (χ2n) is 5.37. The largest absolute Gasteiger partial charge is 0.305 e. The highest BCUT2D eigenvalue weighted by Crippen LogP contribution is 2.30. The lowest BCUT2D eigenvalue weighted by molar-refractivity contribution is 0.562. The molecule has 0 aliphatic carbocycles. The topological polar surface area (TPSA) is 24.9 Å². The van der Waals surface area contributed by atoms with Crippen LogP contribution in [0.1, 0.15) is 50.0 Å². The van der Waals surface area contributed by atoms with Crippen molar-refractivity contribution < 1.29 is 0 Å². The van der Waals surface area contributed by atoms with Gasteiger partial charge in [0, 0.05) is 10.8 Å². The molecule has 1 unspecified atom stereocenters. The number of hydrogen-bond acceptors (Lipinski definition) is 4. The molecular formula is C14H20N2S2. The Kier molecular flexibility index (Phi) is 4.20. The molecular weight excluding hydrogens is 260 g/mol. The molecule has 4 heteroatoms. The molecule has 2 heterocycles. The summed E-state index contributed by atoms with van der Waals surface area (Å²) in [6.07, 6.45) is 0. The number of aromatic nitrogens is 1. The summed E-state index contributed by atoms with van der Waals surface area (Å²) < 4.78 is 0.